The highest BCUT2D eigenvalue weighted by atomic mass is 16.3. The monoisotopic (exact) mass is 361 g/mol. The molecule has 136 valence electrons. The SMILES string of the molecule is C[C@@H](NC(=O)C1=C(O)C(=O)N(C)C1)c1cccc(-c2cccc(C#N)c2)c1. The van der Waals surface area contributed by atoms with Crippen LogP contribution in [0.25, 0.3) is 11.1 Å². The number of amides is 2. The molecule has 0 bridgehead atoms. The molecule has 2 aromatic carbocycles. The van der Waals surface area contributed by atoms with E-state index in [1.165, 1.54) is 11.9 Å². The third-order valence-electron chi connectivity index (χ3n) is 4.56. The smallest absolute Gasteiger partial charge is 0.289 e. The van der Waals surface area contributed by atoms with Crippen LogP contribution >= 0.6 is 0 Å². The number of nitrogens with one attached hydrogen (secondary N) is 1. The molecule has 2 N–H and O–H groups in total. The first kappa shape index (κ1) is 18.2. The summed E-state index contributed by atoms with van der Waals surface area (Å²) in [4.78, 5) is 25.4. The van der Waals surface area contributed by atoms with E-state index in [1.54, 1.807) is 6.07 Å². The summed E-state index contributed by atoms with van der Waals surface area (Å²) in [6, 6.07) is 16.8. The fourth-order valence-electron chi connectivity index (χ4n) is 3.00. The van der Waals surface area contributed by atoms with Crippen molar-refractivity contribution in [3.63, 3.8) is 0 Å². The Bertz CT molecular complexity index is 988. The van der Waals surface area contributed by atoms with Gasteiger partial charge in [0, 0.05) is 7.05 Å². The Labute approximate surface area is 157 Å². The van der Waals surface area contributed by atoms with Crippen molar-refractivity contribution in [3.05, 3.63) is 71.0 Å². The van der Waals surface area contributed by atoms with Gasteiger partial charge in [0.1, 0.15) is 0 Å². The van der Waals surface area contributed by atoms with Crippen LogP contribution < -0.4 is 5.32 Å². The number of hydrogen-bond donors (Lipinski definition) is 2. The summed E-state index contributed by atoms with van der Waals surface area (Å²) >= 11 is 0. The fourth-order valence-corrected chi connectivity index (χ4v) is 3.00. The van der Waals surface area contributed by atoms with Crippen LogP contribution in [0.5, 0.6) is 0 Å². The molecule has 0 spiro atoms. The third-order valence-corrected chi connectivity index (χ3v) is 4.56. The standard InChI is InChI=1S/C21H19N3O3/c1-13(23-20(26)18-12-24(2)21(27)19(18)25)15-6-4-8-17(10-15)16-7-3-5-14(9-16)11-22/h3-10,13,25H,12H2,1-2H3,(H,23,26)/t13-/m1/s1. The van der Waals surface area contributed by atoms with E-state index in [0.29, 0.717) is 5.56 Å². The van der Waals surface area contributed by atoms with Gasteiger partial charge in [-0.1, -0.05) is 30.3 Å². The van der Waals surface area contributed by atoms with Crippen molar-refractivity contribution in [2.45, 2.75) is 13.0 Å². The maximum atomic E-state index is 12.4. The number of aliphatic hydroxyl groups excluding tert-OH is 1. The molecule has 1 aliphatic heterocycles. The summed E-state index contributed by atoms with van der Waals surface area (Å²) in [5.74, 6) is -1.51. The predicted molar refractivity (Wildman–Crippen MR) is 100 cm³/mol. The molecule has 2 aromatic rings. The molecule has 3 rings (SSSR count). The maximum Gasteiger partial charge on any atom is 0.289 e. The van der Waals surface area contributed by atoms with Gasteiger partial charge in [0.2, 0.25) is 0 Å². The highest BCUT2D eigenvalue weighted by molar-refractivity contribution is 6.06. The lowest BCUT2D eigenvalue weighted by Gasteiger charge is -2.16. The van der Waals surface area contributed by atoms with Crippen LogP contribution in [0.3, 0.4) is 0 Å². The predicted octanol–water partition coefficient (Wildman–Crippen LogP) is 2.69. The van der Waals surface area contributed by atoms with E-state index in [0.717, 1.165) is 16.7 Å². The second-order valence-corrected chi connectivity index (χ2v) is 6.50. The number of carbonyl (C=O) groups excluding carboxylic acids is 2. The number of likely N-dealkylation sites (N-methyl/N-ethyl adjacent to an activating group) is 1. The van der Waals surface area contributed by atoms with Crippen molar-refractivity contribution in [1.29, 1.82) is 5.26 Å². The largest absolute Gasteiger partial charge is 0.503 e. The third kappa shape index (κ3) is 3.67. The maximum absolute atomic E-state index is 12.4. The fraction of sp³-hybridized carbons (Fsp3) is 0.190. The van der Waals surface area contributed by atoms with Gasteiger partial charge in [0.25, 0.3) is 11.8 Å². The number of hydrogen-bond acceptors (Lipinski definition) is 4. The lowest BCUT2D eigenvalue weighted by molar-refractivity contribution is -0.126. The van der Waals surface area contributed by atoms with E-state index in [4.69, 9.17) is 5.26 Å². The zero-order valence-corrected chi connectivity index (χ0v) is 15.1. The lowest BCUT2D eigenvalue weighted by atomic mass is 9.99. The van der Waals surface area contributed by atoms with Crippen LogP contribution in [0, 0.1) is 11.3 Å². The van der Waals surface area contributed by atoms with Crippen LogP contribution in [0.2, 0.25) is 0 Å². The van der Waals surface area contributed by atoms with Crippen LogP contribution in [0.15, 0.2) is 59.9 Å². The van der Waals surface area contributed by atoms with Gasteiger partial charge >= 0.3 is 0 Å². The molecule has 2 amide bonds. The molecule has 1 atom stereocenters. The average molecular weight is 361 g/mol. The Kier molecular flexibility index (Phi) is 4.95. The Morgan fingerprint density at radius 1 is 1.22 bits per heavy atom. The van der Waals surface area contributed by atoms with E-state index in [2.05, 4.69) is 11.4 Å². The van der Waals surface area contributed by atoms with Crippen LogP contribution in [0.1, 0.15) is 24.1 Å². The molecule has 0 radical (unpaired) electrons. The van der Waals surface area contributed by atoms with Crippen molar-refractivity contribution in [2.24, 2.45) is 0 Å². The molecule has 1 heterocycles. The Morgan fingerprint density at radius 2 is 1.89 bits per heavy atom. The molecule has 27 heavy (non-hydrogen) atoms. The summed E-state index contributed by atoms with van der Waals surface area (Å²) in [7, 11) is 1.53. The van der Waals surface area contributed by atoms with Gasteiger partial charge < -0.3 is 15.3 Å². The van der Waals surface area contributed by atoms with Gasteiger partial charge in [-0.15, -0.1) is 0 Å². The molecule has 0 aliphatic carbocycles. The molecular formula is C21H19N3O3. The summed E-state index contributed by atoms with van der Waals surface area (Å²) in [6.45, 7) is 1.92. The van der Waals surface area contributed by atoms with E-state index in [-0.39, 0.29) is 18.2 Å². The number of benzene rings is 2. The zero-order chi connectivity index (χ0) is 19.6. The number of rotatable bonds is 4. The quantitative estimate of drug-likeness (QED) is 0.875. The van der Waals surface area contributed by atoms with Gasteiger partial charge in [0.05, 0.1) is 29.8 Å². The Balaban J connectivity index is 1.80. The highest BCUT2D eigenvalue weighted by Gasteiger charge is 2.32. The Morgan fingerprint density at radius 3 is 2.52 bits per heavy atom. The van der Waals surface area contributed by atoms with Crippen molar-refractivity contribution in [1.82, 2.24) is 10.2 Å². The first-order valence-electron chi connectivity index (χ1n) is 8.49. The molecule has 0 saturated carbocycles. The van der Waals surface area contributed by atoms with Gasteiger partial charge in [-0.05, 0) is 41.8 Å². The van der Waals surface area contributed by atoms with Crippen LogP contribution in [0.4, 0.5) is 0 Å². The number of aliphatic hydroxyl groups is 1. The van der Waals surface area contributed by atoms with Crippen LogP contribution in [-0.2, 0) is 9.59 Å². The first-order valence-corrected chi connectivity index (χ1v) is 8.49. The van der Waals surface area contributed by atoms with E-state index in [9.17, 15) is 14.7 Å². The topological polar surface area (TPSA) is 93.4 Å². The number of carbonyl (C=O) groups is 2. The molecule has 0 saturated heterocycles. The van der Waals surface area contributed by atoms with Gasteiger partial charge in [0.15, 0.2) is 5.76 Å². The molecular weight excluding hydrogens is 342 g/mol. The molecule has 0 aromatic heterocycles. The minimum Gasteiger partial charge on any atom is -0.503 e. The Hall–Kier alpha value is -3.59. The second-order valence-electron chi connectivity index (χ2n) is 6.50. The summed E-state index contributed by atoms with van der Waals surface area (Å²) < 4.78 is 0. The lowest BCUT2D eigenvalue weighted by Crippen LogP contribution is -2.30. The van der Waals surface area contributed by atoms with Crippen molar-refractivity contribution >= 4 is 11.8 Å². The first-order chi connectivity index (χ1) is 12.9. The molecule has 6 nitrogen and oxygen atoms in total. The number of nitriles is 1. The summed E-state index contributed by atoms with van der Waals surface area (Å²) in [6.07, 6.45) is 0. The number of nitrogens with zero attached hydrogens (tertiary/aromatic N) is 2. The van der Waals surface area contributed by atoms with Gasteiger partial charge in [-0.3, -0.25) is 9.59 Å². The van der Waals surface area contributed by atoms with Crippen molar-refractivity contribution < 1.29 is 14.7 Å². The zero-order valence-electron chi connectivity index (χ0n) is 15.1. The molecule has 0 fully saturated rings. The minimum atomic E-state index is -0.549. The van der Waals surface area contributed by atoms with Crippen molar-refractivity contribution in [3.8, 4) is 17.2 Å². The van der Waals surface area contributed by atoms with E-state index in [1.807, 2.05) is 49.4 Å². The highest BCUT2D eigenvalue weighted by Crippen LogP contribution is 2.25. The average Bonchev–Trinajstić information content (AvgIpc) is 2.95. The normalized spacial score (nSPS) is 14.9. The van der Waals surface area contributed by atoms with E-state index < -0.39 is 17.6 Å². The summed E-state index contributed by atoms with van der Waals surface area (Å²) in [5, 5.41) is 21.7. The molecule has 6 heteroatoms. The van der Waals surface area contributed by atoms with E-state index >= 15 is 0 Å². The minimum absolute atomic E-state index is 0.0761. The molecule has 1 aliphatic rings. The van der Waals surface area contributed by atoms with Gasteiger partial charge in [-0.2, -0.15) is 5.26 Å². The van der Waals surface area contributed by atoms with Crippen LogP contribution in [-0.4, -0.2) is 35.4 Å². The van der Waals surface area contributed by atoms with Gasteiger partial charge in [-0.25, -0.2) is 0 Å². The van der Waals surface area contributed by atoms with Crippen molar-refractivity contribution in [2.75, 3.05) is 13.6 Å². The second kappa shape index (κ2) is 7.34. The molecule has 0 unspecified atom stereocenters. The summed E-state index contributed by atoms with van der Waals surface area (Å²) in [5.41, 5.74) is 3.38.